The van der Waals surface area contributed by atoms with Crippen LogP contribution in [0.1, 0.15) is 63.5 Å². The van der Waals surface area contributed by atoms with E-state index in [0.29, 0.717) is 48.8 Å². The molecule has 2 aliphatic rings. The van der Waals surface area contributed by atoms with E-state index < -0.39 is 0 Å². The molecule has 0 aliphatic heterocycles. The molecule has 0 amide bonds. The number of methoxy groups -OCH3 is 1. The second-order valence-electron chi connectivity index (χ2n) is 10.5. The fraction of sp³-hybridized carbons (Fsp3) is 0.306. The van der Waals surface area contributed by atoms with Crippen LogP contribution in [0.2, 0.25) is 0 Å². The summed E-state index contributed by atoms with van der Waals surface area (Å²) in [7, 11) is 1.49. The van der Waals surface area contributed by atoms with Gasteiger partial charge in [0.25, 0.3) is 5.56 Å². The summed E-state index contributed by atoms with van der Waals surface area (Å²) < 4.78 is 18.2. The van der Waals surface area contributed by atoms with Gasteiger partial charge in [0.1, 0.15) is 11.6 Å². The van der Waals surface area contributed by atoms with Crippen LogP contribution in [0.3, 0.4) is 0 Å². The van der Waals surface area contributed by atoms with Crippen LogP contribution in [0.25, 0.3) is 17.0 Å². The molecule has 0 bridgehead atoms. The van der Waals surface area contributed by atoms with Crippen molar-refractivity contribution in [2.45, 2.75) is 65.8 Å². The number of nitrogens with zero attached hydrogens (tertiary/aromatic N) is 4. The molecule has 1 aromatic carbocycles. The topological polar surface area (TPSA) is 92.3 Å². The summed E-state index contributed by atoms with van der Waals surface area (Å²) in [5, 5.41) is 4.06. The molecule has 2 heterocycles. The molecule has 8 nitrogen and oxygen atoms in total. The smallest absolute Gasteiger partial charge is 0.417 e. The first-order chi connectivity index (χ1) is 21.5. The van der Waals surface area contributed by atoms with Crippen LogP contribution < -0.4 is 15.0 Å². The Kier molecular flexibility index (Phi) is 10.1. The summed E-state index contributed by atoms with van der Waals surface area (Å²) in [6.45, 7) is 6.61. The van der Waals surface area contributed by atoms with Crippen molar-refractivity contribution >= 4 is 5.57 Å². The molecule has 226 valence electrons. The van der Waals surface area contributed by atoms with Crippen LogP contribution in [0, 0.1) is 0 Å². The van der Waals surface area contributed by atoms with E-state index in [4.69, 9.17) is 19.0 Å². The lowest BCUT2D eigenvalue weighted by molar-refractivity contribution is 0.250. The SMILES string of the molecule is CCCc1nc(CC)c(OC2=CCC=C(CC)C=C2)c(=O)n1C/C1=C/C/C=C(/c2ccccc2-c2noc(OC)n2)C=C=C1. The normalized spacial score (nSPS) is 17.0. The second-order valence-corrected chi connectivity index (χ2v) is 10.5. The predicted octanol–water partition coefficient (Wildman–Crippen LogP) is 7.50. The molecule has 0 fully saturated rings. The van der Waals surface area contributed by atoms with Gasteiger partial charge in [-0.1, -0.05) is 80.1 Å². The van der Waals surface area contributed by atoms with Crippen LogP contribution in [-0.2, 0) is 19.4 Å². The molecule has 0 saturated carbocycles. The number of aromatic nitrogens is 4. The van der Waals surface area contributed by atoms with E-state index in [1.54, 1.807) is 4.57 Å². The van der Waals surface area contributed by atoms with Gasteiger partial charge in [0.05, 0.1) is 19.3 Å². The van der Waals surface area contributed by atoms with Gasteiger partial charge in [-0.3, -0.25) is 13.9 Å². The lowest BCUT2D eigenvalue weighted by atomic mass is 9.97. The van der Waals surface area contributed by atoms with Crippen molar-refractivity contribution in [3.8, 4) is 23.2 Å². The summed E-state index contributed by atoms with van der Waals surface area (Å²) in [6.07, 6.45) is 21.0. The maximum atomic E-state index is 14.0. The van der Waals surface area contributed by atoms with Crippen molar-refractivity contribution < 1.29 is 14.0 Å². The summed E-state index contributed by atoms with van der Waals surface area (Å²) >= 11 is 0. The monoisotopic (exact) mass is 590 g/mol. The Hall–Kier alpha value is -4.94. The molecule has 2 aromatic heterocycles. The Labute approximate surface area is 258 Å². The molecule has 0 spiro atoms. The highest BCUT2D eigenvalue weighted by molar-refractivity contribution is 5.83. The minimum Gasteiger partial charge on any atom is -0.452 e. The Bertz CT molecular complexity index is 1790. The Morgan fingerprint density at radius 3 is 2.48 bits per heavy atom. The molecule has 0 unspecified atom stereocenters. The van der Waals surface area contributed by atoms with Crippen LogP contribution in [0.4, 0.5) is 0 Å². The molecule has 0 N–H and O–H groups in total. The zero-order valence-electron chi connectivity index (χ0n) is 25.8. The fourth-order valence-corrected chi connectivity index (χ4v) is 5.16. The highest BCUT2D eigenvalue weighted by Crippen LogP contribution is 2.30. The van der Waals surface area contributed by atoms with Gasteiger partial charge in [-0.25, -0.2) is 4.98 Å². The number of hydrogen-bond acceptors (Lipinski definition) is 7. The number of hydrogen-bond donors (Lipinski definition) is 0. The van der Waals surface area contributed by atoms with Crippen molar-refractivity contribution in [3.05, 3.63) is 123 Å². The molecule has 0 radical (unpaired) electrons. The minimum absolute atomic E-state index is 0.113. The highest BCUT2D eigenvalue weighted by atomic mass is 16.6. The quantitative estimate of drug-likeness (QED) is 0.214. The number of benzene rings is 1. The lowest BCUT2D eigenvalue weighted by Crippen LogP contribution is -2.29. The van der Waals surface area contributed by atoms with Crippen LogP contribution in [-0.4, -0.2) is 26.8 Å². The number of ether oxygens (including phenoxy) is 2. The molecule has 2 aliphatic carbocycles. The van der Waals surface area contributed by atoms with Gasteiger partial charge in [-0.15, -0.1) is 5.73 Å². The Morgan fingerprint density at radius 1 is 0.932 bits per heavy atom. The average molecular weight is 591 g/mol. The number of rotatable bonds is 11. The van der Waals surface area contributed by atoms with Crippen molar-refractivity contribution in [1.29, 1.82) is 0 Å². The molecule has 0 saturated heterocycles. The first-order valence-corrected chi connectivity index (χ1v) is 15.2. The number of allylic oxidation sites excluding steroid dienone is 10. The van der Waals surface area contributed by atoms with E-state index in [0.717, 1.165) is 47.4 Å². The molecular formula is C36H38N4O4. The van der Waals surface area contributed by atoms with E-state index in [1.807, 2.05) is 55.5 Å². The second kappa shape index (κ2) is 14.5. The third-order valence-electron chi connectivity index (χ3n) is 7.50. The van der Waals surface area contributed by atoms with Crippen LogP contribution >= 0.6 is 0 Å². The predicted molar refractivity (Wildman–Crippen MR) is 172 cm³/mol. The minimum atomic E-state index is -0.163. The summed E-state index contributed by atoms with van der Waals surface area (Å²) in [5.41, 5.74) is 8.83. The first kappa shape index (κ1) is 30.5. The van der Waals surface area contributed by atoms with Crippen molar-refractivity contribution in [2.24, 2.45) is 0 Å². The molecule has 5 rings (SSSR count). The maximum Gasteiger partial charge on any atom is 0.417 e. The van der Waals surface area contributed by atoms with Crippen LogP contribution in [0.15, 0.2) is 105 Å². The zero-order valence-corrected chi connectivity index (χ0v) is 25.8. The molecule has 3 aromatic rings. The van der Waals surface area contributed by atoms with E-state index >= 15 is 0 Å². The summed E-state index contributed by atoms with van der Waals surface area (Å²) in [4.78, 5) is 23.3. The number of aryl methyl sites for hydroxylation is 2. The van der Waals surface area contributed by atoms with Gasteiger partial charge < -0.3 is 9.47 Å². The van der Waals surface area contributed by atoms with Gasteiger partial charge in [0.15, 0.2) is 0 Å². The Morgan fingerprint density at radius 2 is 1.73 bits per heavy atom. The van der Waals surface area contributed by atoms with Gasteiger partial charge in [-0.05, 0) is 73.1 Å². The van der Waals surface area contributed by atoms with Gasteiger partial charge in [0, 0.05) is 12.0 Å². The van der Waals surface area contributed by atoms with E-state index in [2.05, 4.69) is 54.0 Å². The highest BCUT2D eigenvalue weighted by Gasteiger charge is 2.19. The van der Waals surface area contributed by atoms with Crippen LogP contribution in [0.5, 0.6) is 11.8 Å². The molecular weight excluding hydrogens is 552 g/mol. The molecule has 8 heteroatoms. The van der Waals surface area contributed by atoms with Crippen molar-refractivity contribution in [1.82, 2.24) is 19.7 Å². The summed E-state index contributed by atoms with van der Waals surface area (Å²) in [6, 6.07) is 7.88. The summed E-state index contributed by atoms with van der Waals surface area (Å²) in [5.74, 6) is 2.18. The van der Waals surface area contributed by atoms with Gasteiger partial charge in [-0.2, -0.15) is 4.98 Å². The Balaban J connectivity index is 1.43. The third-order valence-corrected chi connectivity index (χ3v) is 7.50. The molecule has 0 atom stereocenters. The standard InChI is InChI=1S/C36H38N4O4/c1-5-13-32-37-31(7-3)33(43-28-19-12-14-25(6-2)22-23-28)35(41)40(32)24-26-15-10-17-27(18-11-16-26)29-20-8-9-21-30(29)34-38-36(42-4)44-39-34/h8-9,14-23H,5-7,10,12-13,24H2,1-4H3/b26-15+,27-17+. The van der Waals surface area contributed by atoms with Crippen molar-refractivity contribution in [2.75, 3.05) is 7.11 Å². The fourth-order valence-electron chi connectivity index (χ4n) is 5.16. The first-order valence-electron chi connectivity index (χ1n) is 15.2. The molecule has 44 heavy (non-hydrogen) atoms. The van der Waals surface area contributed by atoms with E-state index in [9.17, 15) is 4.79 Å². The average Bonchev–Trinajstić information content (AvgIpc) is 3.40. The van der Waals surface area contributed by atoms with E-state index in [-0.39, 0.29) is 11.6 Å². The van der Waals surface area contributed by atoms with E-state index in [1.165, 1.54) is 12.7 Å². The lowest BCUT2D eigenvalue weighted by Gasteiger charge is -2.17. The largest absolute Gasteiger partial charge is 0.452 e. The van der Waals surface area contributed by atoms with Gasteiger partial charge >= 0.3 is 6.08 Å². The third kappa shape index (κ3) is 6.99. The van der Waals surface area contributed by atoms with Gasteiger partial charge in [0.2, 0.25) is 11.6 Å². The maximum absolute atomic E-state index is 14.0. The zero-order chi connectivity index (χ0) is 30.9. The van der Waals surface area contributed by atoms with Crippen molar-refractivity contribution in [3.63, 3.8) is 0 Å².